The topological polar surface area (TPSA) is 292 Å². The van der Waals surface area contributed by atoms with Crippen LogP contribution in [0.2, 0.25) is 0 Å². The Hall–Kier alpha value is -1.43. The van der Waals surface area contributed by atoms with Gasteiger partial charge in [0.25, 0.3) is 50.6 Å². The van der Waals surface area contributed by atoms with Gasteiger partial charge in [0.15, 0.2) is 0 Å². The van der Waals surface area contributed by atoms with Gasteiger partial charge < -0.3 is 5.11 Å². The minimum Gasteiger partial charge on any atom is -0.507 e. The van der Waals surface area contributed by atoms with Crippen LogP contribution in [0.5, 0.6) is 5.75 Å². The highest BCUT2D eigenvalue weighted by Gasteiger charge is 2.23. The van der Waals surface area contributed by atoms with Crippen LogP contribution in [0, 0.1) is 0 Å². The van der Waals surface area contributed by atoms with Gasteiger partial charge in [-0.15, -0.1) is 0 Å². The van der Waals surface area contributed by atoms with Crippen molar-refractivity contribution in [2.75, 3.05) is 28.8 Å². The Balaban J connectivity index is 3.42. The van der Waals surface area contributed by atoms with Crippen LogP contribution in [-0.2, 0) is 82.7 Å². The summed E-state index contributed by atoms with van der Waals surface area (Å²) in [5.41, 5.74) is 6.20. The molecule has 0 radical (unpaired) electrons. The molecule has 0 saturated carbocycles. The summed E-state index contributed by atoms with van der Waals surface area (Å²) in [5.74, 6) is -0.560. The first-order chi connectivity index (χ1) is 36.4. The summed E-state index contributed by atoms with van der Waals surface area (Å²) in [6.07, 6.45) is 40.3. The fourth-order valence-electron chi connectivity index (χ4n) is 10.7. The molecule has 0 atom stereocenters. The van der Waals surface area contributed by atoms with E-state index in [0.717, 1.165) is 268 Å². The molecular weight excluding hydrogens is 1090 g/mol. The summed E-state index contributed by atoms with van der Waals surface area (Å²) in [6, 6.07) is 0. The SMILES string of the molecule is O=S(=O)(O)CCCCCCCCCCc1c(O)c(CCCCCCCCCCS(=O)(=O)O)c(CCCCCCCCCCS(=O)(=O)O)c(CCCCCCCCCCS(=O)(=O)O)c1CCCCCCCCCCS(=O)(=O)O. The Bertz CT molecular complexity index is 2120. The highest BCUT2D eigenvalue weighted by Crippen LogP contribution is 2.39. The molecule has 456 valence electrons. The Labute approximate surface area is 469 Å². The quantitative estimate of drug-likeness (QED) is 0.0261. The molecule has 1 rings (SSSR count). The molecular formula is C56H106O16S5. The van der Waals surface area contributed by atoms with Crippen LogP contribution in [0.25, 0.3) is 0 Å². The number of hydrogen-bond acceptors (Lipinski definition) is 11. The number of hydrogen-bond donors (Lipinski definition) is 6. The summed E-state index contributed by atoms with van der Waals surface area (Å²) >= 11 is 0. The zero-order valence-electron chi connectivity index (χ0n) is 47.2. The predicted molar refractivity (Wildman–Crippen MR) is 313 cm³/mol. The van der Waals surface area contributed by atoms with Gasteiger partial charge in [-0.2, -0.15) is 42.1 Å². The highest BCUT2D eigenvalue weighted by atomic mass is 32.2. The summed E-state index contributed by atoms with van der Waals surface area (Å²) < 4.78 is 157. The van der Waals surface area contributed by atoms with Gasteiger partial charge in [0, 0.05) is 0 Å². The summed E-state index contributed by atoms with van der Waals surface area (Å²) in [4.78, 5) is 0. The zero-order chi connectivity index (χ0) is 57.3. The lowest BCUT2D eigenvalue weighted by molar-refractivity contribution is 0.451. The van der Waals surface area contributed by atoms with Gasteiger partial charge in [0.05, 0.1) is 28.8 Å². The first kappa shape index (κ1) is 73.6. The number of unbranched alkanes of at least 4 members (excludes halogenated alkanes) is 35. The number of aromatic hydroxyl groups is 1. The number of phenolic OH excluding ortho intramolecular Hbond substituents is 1. The van der Waals surface area contributed by atoms with E-state index in [1.807, 2.05) is 0 Å². The second kappa shape index (κ2) is 43.3. The first-order valence-corrected chi connectivity index (χ1v) is 38.1. The van der Waals surface area contributed by atoms with Crippen molar-refractivity contribution < 1.29 is 70.0 Å². The zero-order valence-corrected chi connectivity index (χ0v) is 51.2. The lowest BCUT2D eigenvalue weighted by Gasteiger charge is -2.25. The van der Waals surface area contributed by atoms with Gasteiger partial charge in [-0.3, -0.25) is 22.8 Å². The van der Waals surface area contributed by atoms with Crippen LogP contribution in [0.4, 0.5) is 0 Å². The largest absolute Gasteiger partial charge is 0.507 e. The van der Waals surface area contributed by atoms with E-state index in [-0.39, 0.29) is 28.8 Å². The van der Waals surface area contributed by atoms with Gasteiger partial charge in [0.1, 0.15) is 5.75 Å². The fourth-order valence-corrected chi connectivity index (χ4v) is 13.5. The number of rotatable bonds is 55. The van der Waals surface area contributed by atoms with Crippen molar-refractivity contribution in [2.24, 2.45) is 0 Å². The Kier molecular flexibility index (Phi) is 41.4. The fraction of sp³-hybridized carbons (Fsp3) is 0.893. The van der Waals surface area contributed by atoms with Gasteiger partial charge >= 0.3 is 0 Å². The van der Waals surface area contributed by atoms with E-state index in [1.54, 1.807) is 0 Å². The minimum absolute atomic E-state index is 0.202. The van der Waals surface area contributed by atoms with E-state index < -0.39 is 50.6 Å². The summed E-state index contributed by atoms with van der Waals surface area (Å²) in [5, 5.41) is 12.6. The lowest BCUT2D eigenvalue weighted by Crippen LogP contribution is -2.11. The maximum absolute atomic E-state index is 12.6. The van der Waals surface area contributed by atoms with Crippen LogP contribution < -0.4 is 0 Å². The van der Waals surface area contributed by atoms with Gasteiger partial charge in [-0.1, -0.05) is 193 Å². The second-order valence-corrected chi connectivity index (χ2v) is 29.9. The van der Waals surface area contributed by atoms with Crippen molar-refractivity contribution in [2.45, 2.75) is 289 Å². The van der Waals surface area contributed by atoms with Crippen molar-refractivity contribution in [1.82, 2.24) is 0 Å². The molecule has 0 aliphatic heterocycles. The van der Waals surface area contributed by atoms with E-state index in [4.69, 9.17) is 22.8 Å². The molecule has 1 aromatic carbocycles. The lowest BCUT2D eigenvalue weighted by atomic mass is 9.80. The maximum atomic E-state index is 12.6. The van der Waals surface area contributed by atoms with Crippen LogP contribution in [0.3, 0.4) is 0 Å². The van der Waals surface area contributed by atoms with Crippen LogP contribution in [0.1, 0.15) is 285 Å². The average Bonchev–Trinajstić information content (AvgIpc) is 3.32. The molecule has 0 aromatic heterocycles. The molecule has 0 heterocycles. The predicted octanol–water partition coefficient (Wildman–Crippen LogP) is 14.1. The van der Waals surface area contributed by atoms with Crippen molar-refractivity contribution in [1.29, 1.82) is 0 Å². The molecule has 0 saturated heterocycles. The Morgan fingerprint density at radius 3 is 0.455 bits per heavy atom. The molecule has 0 amide bonds. The minimum atomic E-state index is -3.94. The molecule has 6 N–H and O–H groups in total. The molecule has 0 bridgehead atoms. The van der Waals surface area contributed by atoms with Crippen LogP contribution in [-0.4, -0.2) is 98.7 Å². The standard InChI is InChI=1S/C56H106O16S5/c57-56-54(44-34-24-14-4-9-19-29-39-49-76(67,68)69)52(42-32-22-12-2-7-17-27-37-47-74(61,62)63)51(41-31-21-11-1-6-16-26-36-46-73(58,59)60)53(43-33-23-13-3-8-18-28-38-48-75(64,65)66)55(56)45-35-25-15-5-10-20-30-40-50-77(70,71)72/h57H,1-50H2,(H,58,59,60)(H,61,62,63)(H,64,65,66)(H,67,68,69)(H,70,71,72). The molecule has 0 aliphatic carbocycles. The molecule has 0 unspecified atom stereocenters. The van der Waals surface area contributed by atoms with Gasteiger partial charge in [-0.25, -0.2) is 0 Å². The van der Waals surface area contributed by atoms with E-state index in [0.29, 0.717) is 37.9 Å². The number of benzene rings is 1. The third kappa shape index (κ3) is 45.8. The van der Waals surface area contributed by atoms with Gasteiger partial charge in [-0.05, 0) is 124 Å². The van der Waals surface area contributed by atoms with Crippen LogP contribution >= 0.6 is 0 Å². The van der Waals surface area contributed by atoms with Crippen molar-refractivity contribution in [3.05, 3.63) is 27.8 Å². The van der Waals surface area contributed by atoms with E-state index >= 15 is 0 Å². The first-order valence-electron chi connectivity index (χ1n) is 30.0. The molecule has 21 heteroatoms. The van der Waals surface area contributed by atoms with E-state index in [1.165, 1.54) is 16.7 Å². The van der Waals surface area contributed by atoms with E-state index in [2.05, 4.69) is 0 Å². The van der Waals surface area contributed by atoms with Crippen LogP contribution in [0.15, 0.2) is 0 Å². The molecule has 1 aromatic rings. The second-order valence-electron chi connectivity index (χ2n) is 22.1. The Morgan fingerprint density at radius 2 is 0.299 bits per heavy atom. The molecule has 0 aliphatic rings. The molecule has 16 nitrogen and oxygen atoms in total. The third-order valence-corrected chi connectivity index (χ3v) is 18.9. The van der Waals surface area contributed by atoms with E-state index in [9.17, 15) is 47.2 Å². The molecule has 0 fully saturated rings. The molecule has 0 spiro atoms. The highest BCUT2D eigenvalue weighted by molar-refractivity contribution is 7.86. The monoisotopic (exact) mass is 1190 g/mol. The van der Waals surface area contributed by atoms with Crippen molar-refractivity contribution in [3.63, 3.8) is 0 Å². The average molecular weight is 1200 g/mol. The normalized spacial score (nSPS) is 12.8. The van der Waals surface area contributed by atoms with Gasteiger partial charge in [0.2, 0.25) is 0 Å². The summed E-state index contributed by atoms with van der Waals surface area (Å²) in [6.45, 7) is 0. The van der Waals surface area contributed by atoms with Crippen molar-refractivity contribution in [3.8, 4) is 5.75 Å². The Morgan fingerprint density at radius 1 is 0.182 bits per heavy atom. The smallest absolute Gasteiger partial charge is 0.264 e. The third-order valence-electron chi connectivity index (χ3n) is 14.9. The maximum Gasteiger partial charge on any atom is 0.264 e. The summed E-state index contributed by atoms with van der Waals surface area (Å²) in [7, 11) is -19.7. The van der Waals surface area contributed by atoms with Crippen molar-refractivity contribution >= 4 is 50.6 Å². The number of phenols is 1. The molecule has 77 heavy (non-hydrogen) atoms.